The van der Waals surface area contributed by atoms with Crippen LogP contribution >= 0.6 is 0 Å². The molecule has 5 aromatic carbocycles. The van der Waals surface area contributed by atoms with E-state index in [4.69, 9.17) is 13.5 Å². The van der Waals surface area contributed by atoms with Gasteiger partial charge in [0.25, 0.3) is 0 Å². The van der Waals surface area contributed by atoms with Crippen molar-refractivity contribution in [2.45, 2.75) is 79.5 Å². The third kappa shape index (κ3) is 8.21. The van der Waals surface area contributed by atoms with Crippen LogP contribution in [0.15, 0.2) is 126 Å². The van der Waals surface area contributed by atoms with Gasteiger partial charge in [0.05, 0.1) is 28.6 Å². The van der Waals surface area contributed by atoms with Crippen molar-refractivity contribution >= 4 is 33.0 Å². The van der Waals surface area contributed by atoms with Crippen LogP contribution in [0.4, 0.5) is 4.39 Å². The molecule has 0 aliphatic rings. The van der Waals surface area contributed by atoms with E-state index >= 15 is 0 Å². The molecular formula is C53H49FIrN4O-2. The Morgan fingerprint density at radius 3 is 2.17 bits per heavy atom. The van der Waals surface area contributed by atoms with E-state index in [1.165, 1.54) is 34.0 Å². The van der Waals surface area contributed by atoms with Crippen LogP contribution in [0.25, 0.3) is 72.4 Å². The molecule has 9 aromatic rings. The number of fused-ring (bicyclic) bond motifs is 4. The molecule has 0 saturated heterocycles. The minimum atomic E-state index is -2.33. The average molecular weight is 972 g/mol. The van der Waals surface area contributed by atoms with E-state index in [1.54, 1.807) is 12.3 Å². The zero-order valence-electron chi connectivity index (χ0n) is 38.1. The number of hydrogen-bond acceptors (Lipinski definition) is 4. The predicted molar refractivity (Wildman–Crippen MR) is 241 cm³/mol. The summed E-state index contributed by atoms with van der Waals surface area (Å²) in [5, 5.41) is 2.14. The summed E-state index contributed by atoms with van der Waals surface area (Å²) in [6.45, 7) is 15.0. The molecule has 0 aliphatic carbocycles. The van der Waals surface area contributed by atoms with Gasteiger partial charge in [-0.25, -0.2) is 0 Å². The van der Waals surface area contributed by atoms with Gasteiger partial charge in [-0.05, 0) is 69.8 Å². The molecule has 0 fully saturated rings. The number of benzene rings is 5. The first-order valence-corrected chi connectivity index (χ1v) is 20.1. The summed E-state index contributed by atoms with van der Waals surface area (Å²) < 4.78 is 44.9. The Morgan fingerprint density at radius 1 is 0.783 bits per heavy atom. The largest absolute Gasteiger partial charge is 0.501 e. The fourth-order valence-corrected chi connectivity index (χ4v) is 7.58. The maximum Gasteiger partial charge on any atom is 0.121 e. The smallest absolute Gasteiger partial charge is 0.121 e. The molecule has 60 heavy (non-hydrogen) atoms. The first kappa shape index (κ1) is 38.5. The minimum Gasteiger partial charge on any atom is -0.501 e. The van der Waals surface area contributed by atoms with Gasteiger partial charge in [-0.1, -0.05) is 144 Å². The molecule has 5 nitrogen and oxygen atoms in total. The molecular weight excluding hydrogens is 920 g/mol. The number of halogens is 1. The normalized spacial score (nSPS) is 12.6. The molecule has 0 spiro atoms. The van der Waals surface area contributed by atoms with E-state index < -0.39 is 12.7 Å². The standard InChI is InChI=1S/C37H32N3O.C16H17FN.Ir/c1-22(2)27-8-6-9-28(23(3)4)35(27)40-33-18-19-38-21-32(33)39-37(40)31-11-7-10-30-29-17-16-26(20-34(29)41-36(30)31)25-14-12-24(5)13-15-25;1-11-5-7-13(14(17)9-11)15-8-6-12(10-18-15)16(2,3)4;/h6-10,12-23H,1-5H3;5-6,8-10H,1-4H3;/q2*-1;/i;1D3;. The van der Waals surface area contributed by atoms with E-state index in [0.29, 0.717) is 17.5 Å². The third-order valence-corrected chi connectivity index (χ3v) is 10.8. The first-order chi connectivity index (χ1) is 29.5. The van der Waals surface area contributed by atoms with Crippen molar-refractivity contribution in [3.8, 4) is 39.5 Å². The van der Waals surface area contributed by atoms with E-state index in [0.717, 1.165) is 61.6 Å². The van der Waals surface area contributed by atoms with Crippen LogP contribution in [0.2, 0.25) is 0 Å². The SMILES string of the molecule is Cc1ccc(-c2ccc3c(c2)oc2c(-c4nc5cnccc5n4-c4c(C(C)C)cccc4C(C)C)[c-]ccc23)cc1.[2H]C([2H])([2H])c1c[c-]c(-c2ccc(C(C)(C)C)cn2)c(F)c1.[Ir]. The summed E-state index contributed by atoms with van der Waals surface area (Å²) in [5.41, 5.74) is 13.3. The molecule has 0 N–H and O–H groups in total. The van der Waals surface area contributed by atoms with Crippen LogP contribution in [0.5, 0.6) is 0 Å². The summed E-state index contributed by atoms with van der Waals surface area (Å²) >= 11 is 0. The molecule has 0 atom stereocenters. The molecule has 4 heterocycles. The zero-order chi connectivity index (χ0) is 44.1. The van der Waals surface area contributed by atoms with Gasteiger partial charge in [-0.15, -0.1) is 42.0 Å². The van der Waals surface area contributed by atoms with E-state index in [1.807, 2.05) is 24.5 Å². The number of aromatic nitrogens is 4. The molecule has 0 aliphatic heterocycles. The molecule has 305 valence electrons. The predicted octanol–water partition coefficient (Wildman–Crippen LogP) is 14.3. The number of hydrogen-bond donors (Lipinski definition) is 0. The van der Waals surface area contributed by atoms with Gasteiger partial charge in [0.2, 0.25) is 0 Å². The Balaban J connectivity index is 0.000000229. The zero-order valence-corrected chi connectivity index (χ0v) is 37.5. The van der Waals surface area contributed by atoms with Gasteiger partial charge in [0.15, 0.2) is 0 Å². The summed E-state index contributed by atoms with van der Waals surface area (Å²) in [4.78, 5) is 13.8. The van der Waals surface area contributed by atoms with E-state index in [-0.39, 0.29) is 36.6 Å². The van der Waals surface area contributed by atoms with Crippen LogP contribution in [0.3, 0.4) is 0 Å². The second-order valence-electron chi connectivity index (χ2n) is 16.8. The van der Waals surface area contributed by atoms with Crippen LogP contribution in [-0.2, 0) is 25.5 Å². The average Bonchev–Trinajstić information content (AvgIpc) is 3.81. The van der Waals surface area contributed by atoms with Crippen molar-refractivity contribution in [3.63, 3.8) is 0 Å². The molecule has 0 unspecified atom stereocenters. The maximum atomic E-state index is 14.1. The van der Waals surface area contributed by atoms with Gasteiger partial charge in [-0.3, -0.25) is 14.4 Å². The van der Waals surface area contributed by atoms with Crippen LogP contribution in [0.1, 0.15) is 92.2 Å². The monoisotopic (exact) mass is 972 g/mol. The number of nitrogens with zero attached hydrogens (tertiary/aromatic N) is 4. The van der Waals surface area contributed by atoms with Crippen LogP contribution in [-0.4, -0.2) is 19.5 Å². The van der Waals surface area contributed by atoms with Crippen molar-refractivity contribution in [1.82, 2.24) is 19.5 Å². The maximum absolute atomic E-state index is 14.1. The summed E-state index contributed by atoms with van der Waals surface area (Å²) in [6.07, 6.45) is 5.39. The molecule has 4 aromatic heterocycles. The Kier molecular flexibility index (Phi) is 10.9. The summed E-state index contributed by atoms with van der Waals surface area (Å²) in [7, 11) is 0. The van der Waals surface area contributed by atoms with Gasteiger partial charge >= 0.3 is 0 Å². The van der Waals surface area contributed by atoms with Crippen molar-refractivity contribution in [2.24, 2.45) is 0 Å². The Labute approximate surface area is 370 Å². The van der Waals surface area contributed by atoms with E-state index in [2.05, 4.69) is 155 Å². The summed E-state index contributed by atoms with van der Waals surface area (Å²) in [5.74, 6) is 0.857. The molecule has 0 saturated carbocycles. The van der Waals surface area contributed by atoms with E-state index in [9.17, 15) is 4.39 Å². The number of aryl methyl sites for hydroxylation is 2. The molecule has 0 amide bonds. The molecule has 7 heteroatoms. The van der Waals surface area contributed by atoms with Gasteiger partial charge in [0.1, 0.15) is 5.58 Å². The quantitative estimate of drug-likeness (QED) is 0.156. The van der Waals surface area contributed by atoms with Gasteiger partial charge in [-0.2, -0.15) is 0 Å². The molecule has 9 rings (SSSR count). The van der Waals surface area contributed by atoms with Crippen LogP contribution < -0.4 is 0 Å². The number of para-hydroxylation sites is 1. The third-order valence-electron chi connectivity index (χ3n) is 10.8. The minimum absolute atomic E-state index is 0. The fourth-order valence-electron chi connectivity index (χ4n) is 7.58. The number of rotatable bonds is 6. The molecule has 0 bridgehead atoms. The second kappa shape index (κ2) is 17.1. The fraction of sp³-hybridized carbons (Fsp3) is 0.226. The van der Waals surface area contributed by atoms with Crippen LogP contribution in [0, 0.1) is 31.7 Å². The number of pyridine rings is 2. The van der Waals surface area contributed by atoms with Crippen molar-refractivity contribution in [2.75, 3.05) is 0 Å². The number of imidazole rings is 1. The van der Waals surface area contributed by atoms with Crippen molar-refractivity contribution in [1.29, 1.82) is 0 Å². The van der Waals surface area contributed by atoms with Crippen molar-refractivity contribution < 1.29 is 33.0 Å². The number of furan rings is 1. The van der Waals surface area contributed by atoms with Gasteiger partial charge < -0.3 is 14.0 Å². The van der Waals surface area contributed by atoms with Gasteiger partial charge in [0, 0.05) is 53.5 Å². The topological polar surface area (TPSA) is 56.7 Å². The molecule has 1 radical (unpaired) electrons. The first-order valence-electron chi connectivity index (χ1n) is 21.6. The van der Waals surface area contributed by atoms with Crippen molar-refractivity contribution in [3.05, 3.63) is 167 Å². The Morgan fingerprint density at radius 2 is 1.52 bits per heavy atom. The Hall–Kier alpha value is -5.75. The Bertz CT molecular complexity index is 3040. The summed E-state index contributed by atoms with van der Waals surface area (Å²) in [6, 6.07) is 40.0. The second-order valence-corrected chi connectivity index (χ2v) is 16.8.